The summed E-state index contributed by atoms with van der Waals surface area (Å²) >= 11 is 0. The van der Waals surface area contributed by atoms with Crippen LogP contribution >= 0.6 is 0 Å². The standard InChI is InChI=1S/C14H20O2/c1-14(2,3)12-10-11(6-5-9-15)7-8-13(12)16-4/h5-8,10,15H,9H2,1-4H3/b6-5+. The van der Waals surface area contributed by atoms with Crippen molar-refractivity contribution in [2.45, 2.75) is 26.2 Å². The zero-order chi connectivity index (χ0) is 12.2. The molecule has 16 heavy (non-hydrogen) atoms. The van der Waals surface area contributed by atoms with Gasteiger partial charge in [0.15, 0.2) is 0 Å². The third-order valence-electron chi connectivity index (χ3n) is 2.45. The number of methoxy groups -OCH3 is 1. The van der Waals surface area contributed by atoms with E-state index >= 15 is 0 Å². The molecule has 0 atom stereocenters. The molecule has 0 heterocycles. The Hall–Kier alpha value is -1.28. The number of hydrogen-bond donors (Lipinski definition) is 1. The molecule has 0 radical (unpaired) electrons. The summed E-state index contributed by atoms with van der Waals surface area (Å²) in [6, 6.07) is 6.06. The molecule has 0 aliphatic heterocycles. The van der Waals surface area contributed by atoms with E-state index < -0.39 is 0 Å². The van der Waals surface area contributed by atoms with Crippen molar-refractivity contribution in [3.63, 3.8) is 0 Å². The molecule has 0 aromatic heterocycles. The van der Waals surface area contributed by atoms with Crippen LogP contribution in [0.15, 0.2) is 24.3 Å². The van der Waals surface area contributed by atoms with Gasteiger partial charge in [0, 0.05) is 5.56 Å². The number of benzene rings is 1. The molecule has 0 fully saturated rings. The number of hydrogen-bond acceptors (Lipinski definition) is 2. The summed E-state index contributed by atoms with van der Waals surface area (Å²) in [5.41, 5.74) is 2.31. The smallest absolute Gasteiger partial charge is 0.122 e. The van der Waals surface area contributed by atoms with Crippen molar-refractivity contribution in [3.8, 4) is 5.75 Å². The normalized spacial score (nSPS) is 12.1. The Morgan fingerprint density at radius 3 is 2.50 bits per heavy atom. The highest BCUT2D eigenvalue weighted by atomic mass is 16.5. The predicted octanol–water partition coefficient (Wildman–Crippen LogP) is 3.00. The Balaban J connectivity index is 3.16. The fraction of sp³-hybridized carbons (Fsp3) is 0.429. The fourth-order valence-corrected chi connectivity index (χ4v) is 1.60. The van der Waals surface area contributed by atoms with Crippen LogP contribution in [0.5, 0.6) is 5.75 Å². The summed E-state index contributed by atoms with van der Waals surface area (Å²) in [4.78, 5) is 0. The molecule has 0 saturated heterocycles. The van der Waals surface area contributed by atoms with Gasteiger partial charge in [-0.2, -0.15) is 0 Å². The van der Waals surface area contributed by atoms with Gasteiger partial charge in [0.2, 0.25) is 0 Å². The summed E-state index contributed by atoms with van der Waals surface area (Å²) in [5, 5.41) is 8.75. The van der Waals surface area contributed by atoms with Gasteiger partial charge in [-0.05, 0) is 23.1 Å². The third-order valence-corrected chi connectivity index (χ3v) is 2.45. The molecule has 1 aromatic carbocycles. The van der Waals surface area contributed by atoms with Gasteiger partial charge in [-0.15, -0.1) is 0 Å². The van der Waals surface area contributed by atoms with E-state index in [0.29, 0.717) is 0 Å². The highest BCUT2D eigenvalue weighted by Crippen LogP contribution is 2.32. The number of ether oxygens (including phenoxy) is 1. The van der Waals surface area contributed by atoms with Crippen molar-refractivity contribution in [3.05, 3.63) is 35.4 Å². The summed E-state index contributed by atoms with van der Waals surface area (Å²) in [6.45, 7) is 6.54. The average molecular weight is 220 g/mol. The molecule has 1 rings (SSSR count). The van der Waals surface area contributed by atoms with Crippen molar-refractivity contribution >= 4 is 6.08 Å². The van der Waals surface area contributed by atoms with E-state index in [1.165, 1.54) is 5.56 Å². The van der Waals surface area contributed by atoms with E-state index in [1.807, 2.05) is 18.2 Å². The second-order valence-corrected chi connectivity index (χ2v) is 4.79. The molecule has 0 aliphatic rings. The fourth-order valence-electron chi connectivity index (χ4n) is 1.60. The van der Waals surface area contributed by atoms with Crippen LogP contribution in [0, 0.1) is 0 Å². The van der Waals surface area contributed by atoms with Crippen LogP contribution in [0.1, 0.15) is 31.9 Å². The molecule has 0 aliphatic carbocycles. The first-order chi connectivity index (χ1) is 7.49. The van der Waals surface area contributed by atoms with Crippen LogP contribution in [0.3, 0.4) is 0 Å². The topological polar surface area (TPSA) is 29.5 Å². The Bertz CT molecular complexity index is 373. The van der Waals surface area contributed by atoms with E-state index in [4.69, 9.17) is 9.84 Å². The van der Waals surface area contributed by atoms with Gasteiger partial charge >= 0.3 is 0 Å². The van der Waals surface area contributed by atoms with Gasteiger partial charge in [0.1, 0.15) is 5.75 Å². The Morgan fingerprint density at radius 1 is 1.31 bits per heavy atom. The summed E-state index contributed by atoms with van der Waals surface area (Å²) < 4.78 is 5.36. The van der Waals surface area contributed by atoms with Gasteiger partial charge in [0.25, 0.3) is 0 Å². The maximum Gasteiger partial charge on any atom is 0.122 e. The summed E-state index contributed by atoms with van der Waals surface area (Å²) in [5.74, 6) is 0.911. The first-order valence-electron chi connectivity index (χ1n) is 5.45. The molecule has 2 nitrogen and oxygen atoms in total. The van der Waals surface area contributed by atoms with E-state index in [-0.39, 0.29) is 12.0 Å². The largest absolute Gasteiger partial charge is 0.496 e. The highest BCUT2D eigenvalue weighted by Gasteiger charge is 2.18. The molecule has 0 spiro atoms. The quantitative estimate of drug-likeness (QED) is 0.848. The van der Waals surface area contributed by atoms with E-state index in [9.17, 15) is 0 Å². The predicted molar refractivity (Wildman–Crippen MR) is 67.8 cm³/mol. The van der Waals surface area contributed by atoms with E-state index in [0.717, 1.165) is 11.3 Å². The Morgan fingerprint density at radius 2 is 2.00 bits per heavy atom. The monoisotopic (exact) mass is 220 g/mol. The number of aliphatic hydroxyl groups excluding tert-OH is 1. The van der Waals surface area contributed by atoms with Gasteiger partial charge in [-0.1, -0.05) is 39.0 Å². The van der Waals surface area contributed by atoms with Crippen LogP contribution in [-0.2, 0) is 5.41 Å². The Kier molecular flexibility index (Phi) is 4.13. The average Bonchev–Trinajstić information content (AvgIpc) is 2.24. The minimum Gasteiger partial charge on any atom is -0.496 e. The molecular weight excluding hydrogens is 200 g/mol. The lowest BCUT2D eigenvalue weighted by Crippen LogP contribution is -2.12. The third kappa shape index (κ3) is 3.11. The second kappa shape index (κ2) is 5.17. The van der Waals surface area contributed by atoms with Crippen molar-refractivity contribution in [2.24, 2.45) is 0 Å². The van der Waals surface area contributed by atoms with Gasteiger partial charge in [0.05, 0.1) is 13.7 Å². The zero-order valence-electron chi connectivity index (χ0n) is 10.4. The minimum absolute atomic E-state index is 0.0500. The van der Waals surface area contributed by atoms with Crippen molar-refractivity contribution in [1.82, 2.24) is 0 Å². The van der Waals surface area contributed by atoms with Crippen molar-refractivity contribution in [1.29, 1.82) is 0 Å². The van der Waals surface area contributed by atoms with Crippen LogP contribution in [-0.4, -0.2) is 18.8 Å². The maximum absolute atomic E-state index is 8.75. The van der Waals surface area contributed by atoms with Crippen LogP contribution in [0.2, 0.25) is 0 Å². The second-order valence-electron chi connectivity index (χ2n) is 4.79. The van der Waals surface area contributed by atoms with Gasteiger partial charge < -0.3 is 9.84 Å². The van der Waals surface area contributed by atoms with E-state index in [2.05, 4.69) is 26.8 Å². The minimum atomic E-state index is 0.0500. The van der Waals surface area contributed by atoms with Gasteiger partial charge in [-0.3, -0.25) is 0 Å². The molecule has 88 valence electrons. The molecule has 0 unspecified atom stereocenters. The maximum atomic E-state index is 8.75. The lowest BCUT2D eigenvalue weighted by molar-refractivity contribution is 0.343. The van der Waals surface area contributed by atoms with Crippen molar-refractivity contribution in [2.75, 3.05) is 13.7 Å². The lowest BCUT2D eigenvalue weighted by atomic mass is 9.85. The molecule has 1 N–H and O–H groups in total. The first-order valence-corrected chi connectivity index (χ1v) is 5.45. The van der Waals surface area contributed by atoms with Crippen LogP contribution in [0.25, 0.3) is 6.08 Å². The van der Waals surface area contributed by atoms with Crippen LogP contribution < -0.4 is 4.74 Å². The first kappa shape index (κ1) is 12.8. The molecule has 0 bridgehead atoms. The Labute approximate surface area is 97.6 Å². The molecule has 2 heteroatoms. The molecular formula is C14H20O2. The number of aliphatic hydroxyl groups is 1. The van der Waals surface area contributed by atoms with Crippen LogP contribution in [0.4, 0.5) is 0 Å². The molecule has 1 aromatic rings. The number of rotatable bonds is 3. The highest BCUT2D eigenvalue weighted by molar-refractivity contribution is 5.54. The van der Waals surface area contributed by atoms with E-state index in [1.54, 1.807) is 13.2 Å². The van der Waals surface area contributed by atoms with Crippen molar-refractivity contribution < 1.29 is 9.84 Å². The summed E-state index contributed by atoms with van der Waals surface area (Å²) in [6.07, 6.45) is 3.64. The van der Waals surface area contributed by atoms with Gasteiger partial charge in [-0.25, -0.2) is 0 Å². The molecule has 0 amide bonds. The lowest BCUT2D eigenvalue weighted by Gasteiger charge is -2.22. The summed E-state index contributed by atoms with van der Waals surface area (Å²) in [7, 11) is 1.69. The molecule has 0 saturated carbocycles. The zero-order valence-corrected chi connectivity index (χ0v) is 10.4. The SMILES string of the molecule is COc1ccc(/C=C/CO)cc1C(C)(C)C.